The van der Waals surface area contributed by atoms with Crippen LogP contribution in [0.2, 0.25) is 0 Å². The summed E-state index contributed by atoms with van der Waals surface area (Å²) in [6.07, 6.45) is 3.51. The van der Waals surface area contributed by atoms with Crippen molar-refractivity contribution in [3.63, 3.8) is 0 Å². The lowest BCUT2D eigenvalue weighted by atomic mass is 10.3. The minimum absolute atomic E-state index is 0.0908. The number of H-pyrrole nitrogens is 1. The van der Waals surface area contributed by atoms with Crippen LogP contribution in [0.15, 0.2) is 12.4 Å². The number of carbonyl (C=O) groups excluding carboxylic acids is 1. The largest absolute Gasteiger partial charge is 0.340 e. The van der Waals surface area contributed by atoms with Crippen molar-refractivity contribution < 1.29 is 4.79 Å². The van der Waals surface area contributed by atoms with Gasteiger partial charge >= 0.3 is 0 Å². The van der Waals surface area contributed by atoms with E-state index in [4.69, 9.17) is 0 Å². The average Bonchev–Trinajstić information content (AvgIpc) is 2.66. The highest BCUT2D eigenvalue weighted by Gasteiger charge is 2.08. The fourth-order valence-electron chi connectivity index (χ4n) is 1.09. The van der Waals surface area contributed by atoms with Gasteiger partial charge in [0.1, 0.15) is 0 Å². The van der Waals surface area contributed by atoms with E-state index in [1.165, 1.54) is 0 Å². The average molecular weight is 196 g/mol. The van der Waals surface area contributed by atoms with E-state index in [9.17, 15) is 4.79 Å². The van der Waals surface area contributed by atoms with Gasteiger partial charge in [-0.25, -0.2) is 0 Å². The second kappa shape index (κ2) is 5.39. The van der Waals surface area contributed by atoms with E-state index in [1.54, 1.807) is 24.3 Å². The molecule has 1 rings (SSSR count). The van der Waals surface area contributed by atoms with Crippen molar-refractivity contribution in [2.24, 2.45) is 0 Å². The number of hydrogen-bond donors (Lipinski definition) is 2. The summed E-state index contributed by atoms with van der Waals surface area (Å²) in [7, 11) is 1.78. The molecule has 0 aliphatic carbocycles. The van der Waals surface area contributed by atoms with E-state index in [0.717, 1.165) is 12.1 Å². The molecule has 5 nitrogen and oxygen atoms in total. The Bertz CT molecular complexity index is 270. The van der Waals surface area contributed by atoms with E-state index in [1.807, 2.05) is 6.92 Å². The molecular formula is C9H16N4O. The van der Waals surface area contributed by atoms with Gasteiger partial charge in [-0.3, -0.25) is 9.89 Å². The number of carbonyl (C=O) groups is 1. The lowest BCUT2D eigenvalue weighted by Gasteiger charge is -2.15. The van der Waals surface area contributed by atoms with Crippen molar-refractivity contribution in [1.82, 2.24) is 20.4 Å². The number of hydrogen-bond acceptors (Lipinski definition) is 3. The van der Waals surface area contributed by atoms with Gasteiger partial charge in [0, 0.05) is 25.4 Å². The van der Waals surface area contributed by atoms with Gasteiger partial charge in [0.2, 0.25) is 5.91 Å². The van der Waals surface area contributed by atoms with Gasteiger partial charge in [0.25, 0.3) is 0 Å². The number of nitrogens with one attached hydrogen (secondary N) is 2. The van der Waals surface area contributed by atoms with Gasteiger partial charge in [-0.1, -0.05) is 6.92 Å². The molecule has 0 spiro atoms. The molecule has 0 aliphatic heterocycles. The van der Waals surface area contributed by atoms with Crippen LogP contribution in [-0.2, 0) is 11.3 Å². The molecular weight excluding hydrogens is 180 g/mol. The maximum atomic E-state index is 11.5. The Balaban J connectivity index is 2.34. The summed E-state index contributed by atoms with van der Waals surface area (Å²) in [6, 6.07) is 0. The molecule has 0 radical (unpaired) electrons. The fraction of sp³-hybridized carbons (Fsp3) is 0.556. The summed E-state index contributed by atoms with van der Waals surface area (Å²) in [5, 5.41) is 9.53. The molecule has 0 atom stereocenters. The summed E-state index contributed by atoms with van der Waals surface area (Å²) >= 11 is 0. The smallest absolute Gasteiger partial charge is 0.236 e. The Morgan fingerprint density at radius 3 is 3.07 bits per heavy atom. The number of aromatic amines is 1. The van der Waals surface area contributed by atoms with Crippen molar-refractivity contribution in [3.05, 3.63) is 18.0 Å². The van der Waals surface area contributed by atoms with Crippen LogP contribution in [0.5, 0.6) is 0 Å². The molecule has 1 amide bonds. The highest BCUT2D eigenvalue weighted by Crippen LogP contribution is 1.98. The molecule has 0 aromatic carbocycles. The highest BCUT2D eigenvalue weighted by molar-refractivity contribution is 5.77. The topological polar surface area (TPSA) is 61.0 Å². The van der Waals surface area contributed by atoms with Crippen molar-refractivity contribution in [2.45, 2.75) is 13.5 Å². The first-order valence-corrected chi connectivity index (χ1v) is 4.66. The zero-order valence-electron chi connectivity index (χ0n) is 8.58. The van der Waals surface area contributed by atoms with Crippen LogP contribution in [0.25, 0.3) is 0 Å². The molecule has 1 aromatic rings. The van der Waals surface area contributed by atoms with Crippen LogP contribution >= 0.6 is 0 Å². The summed E-state index contributed by atoms with van der Waals surface area (Å²) in [5.74, 6) is 0.0908. The standard InChI is InChI=1S/C9H16N4O/c1-3-10-6-9(14)13(2)7-8-4-11-12-5-8/h4-5,10H,3,6-7H2,1-2H3,(H,11,12). The summed E-state index contributed by atoms with van der Waals surface area (Å²) in [5.41, 5.74) is 1.01. The van der Waals surface area contributed by atoms with Crippen LogP contribution in [0, 0.1) is 0 Å². The SMILES string of the molecule is CCNCC(=O)N(C)Cc1cn[nH]c1. The quantitative estimate of drug-likeness (QED) is 0.695. The lowest BCUT2D eigenvalue weighted by molar-refractivity contribution is -0.129. The first-order chi connectivity index (χ1) is 6.74. The number of likely N-dealkylation sites (N-methyl/N-ethyl adjacent to an activating group) is 2. The summed E-state index contributed by atoms with van der Waals surface area (Å²) in [4.78, 5) is 13.1. The number of amides is 1. The molecule has 0 saturated heterocycles. The molecule has 0 bridgehead atoms. The molecule has 14 heavy (non-hydrogen) atoms. The third-order valence-corrected chi connectivity index (χ3v) is 1.93. The number of aromatic nitrogens is 2. The van der Waals surface area contributed by atoms with Gasteiger partial charge in [0.15, 0.2) is 0 Å². The van der Waals surface area contributed by atoms with E-state index < -0.39 is 0 Å². The maximum Gasteiger partial charge on any atom is 0.236 e. The zero-order valence-corrected chi connectivity index (χ0v) is 8.58. The van der Waals surface area contributed by atoms with Crippen LogP contribution in [0.4, 0.5) is 0 Å². The first-order valence-electron chi connectivity index (χ1n) is 4.66. The Morgan fingerprint density at radius 2 is 2.50 bits per heavy atom. The van der Waals surface area contributed by atoms with Gasteiger partial charge in [-0.15, -0.1) is 0 Å². The zero-order chi connectivity index (χ0) is 10.4. The Hall–Kier alpha value is -1.36. The predicted octanol–water partition coefficient (Wildman–Crippen LogP) is -0.0224. The molecule has 1 heterocycles. The minimum atomic E-state index is 0.0908. The van der Waals surface area contributed by atoms with E-state index >= 15 is 0 Å². The fourth-order valence-corrected chi connectivity index (χ4v) is 1.09. The number of rotatable bonds is 5. The molecule has 0 unspecified atom stereocenters. The van der Waals surface area contributed by atoms with E-state index in [-0.39, 0.29) is 5.91 Å². The van der Waals surface area contributed by atoms with Gasteiger partial charge < -0.3 is 10.2 Å². The maximum absolute atomic E-state index is 11.5. The Labute approximate surface area is 83.5 Å². The summed E-state index contributed by atoms with van der Waals surface area (Å²) in [6.45, 7) is 3.78. The monoisotopic (exact) mass is 196 g/mol. The normalized spacial score (nSPS) is 10.1. The second-order valence-electron chi connectivity index (χ2n) is 3.14. The van der Waals surface area contributed by atoms with E-state index in [0.29, 0.717) is 13.1 Å². The first kappa shape index (κ1) is 10.7. The third kappa shape index (κ3) is 3.18. The molecule has 5 heteroatoms. The van der Waals surface area contributed by atoms with Crippen LogP contribution in [0.3, 0.4) is 0 Å². The van der Waals surface area contributed by atoms with Crippen LogP contribution in [-0.4, -0.2) is 41.1 Å². The Kier molecular flexibility index (Phi) is 4.12. The van der Waals surface area contributed by atoms with Crippen LogP contribution < -0.4 is 5.32 Å². The van der Waals surface area contributed by atoms with Gasteiger partial charge in [-0.05, 0) is 6.54 Å². The predicted molar refractivity (Wildman–Crippen MR) is 53.6 cm³/mol. The van der Waals surface area contributed by atoms with Crippen molar-refractivity contribution >= 4 is 5.91 Å². The molecule has 78 valence electrons. The molecule has 0 aliphatic rings. The highest BCUT2D eigenvalue weighted by atomic mass is 16.2. The van der Waals surface area contributed by atoms with Crippen molar-refractivity contribution in [1.29, 1.82) is 0 Å². The van der Waals surface area contributed by atoms with Crippen molar-refractivity contribution in [3.8, 4) is 0 Å². The second-order valence-corrected chi connectivity index (χ2v) is 3.14. The van der Waals surface area contributed by atoms with Crippen LogP contribution in [0.1, 0.15) is 12.5 Å². The molecule has 0 fully saturated rings. The molecule has 2 N–H and O–H groups in total. The van der Waals surface area contributed by atoms with Gasteiger partial charge in [0.05, 0.1) is 12.7 Å². The van der Waals surface area contributed by atoms with Gasteiger partial charge in [-0.2, -0.15) is 5.10 Å². The number of nitrogens with zero attached hydrogens (tertiary/aromatic N) is 2. The summed E-state index contributed by atoms with van der Waals surface area (Å²) < 4.78 is 0. The minimum Gasteiger partial charge on any atom is -0.340 e. The van der Waals surface area contributed by atoms with E-state index in [2.05, 4.69) is 15.5 Å². The molecule has 0 saturated carbocycles. The van der Waals surface area contributed by atoms with Crippen molar-refractivity contribution in [2.75, 3.05) is 20.1 Å². The lowest BCUT2D eigenvalue weighted by Crippen LogP contribution is -2.34. The third-order valence-electron chi connectivity index (χ3n) is 1.93. The molecule has 1 aromatic heterocycles. The Morgan fingerprint density at radius 1 is 1.71 bits per heavy atom.